The molecule has 1 fully saturated rings. The minimum Gasteiger partial charge on any atom is -0.497 e. The monoisotopic (exact) mass is 346 g/mol. The van der Waals surface area contributed by atoms with Gasteiger partial charge >= 0.3 is 5.97 Å². The normalized spacial score (nSPS) is 16.5. The van der Waals surface area contributed by atoms with E-state index in [-0.39, 0.29) is 18.7 Å². The summed E-state index contributed by atoms with van der Waals surface area (Å²) in [7, 11) is 1.60. The third kappa shape index (κ3) is 3.93. The molecule has 1 saturated heterocycles. The van der Waals surface area contributed by atoms with Gasteiger partial charge in [0, 0.05) is 30.3 Å². The van der Waals surface area contributed by atoms with Crippen molar-refractivity contribution in [3.8, 4) is 5.75 Å². The highest BCUT2D eigenvalue weighted by Crippen LogP contribution is 2.26. The summed E-state index contributed by atoms with van der Waals surface area (Å²) in [6.45, 7) is 0.912. The van der Waals surface area contributed by atoms with Crippen LogP contribution in [0.3, 0.4) is 0 Å². The van der Waals surface area contributed by atoms with E-state index in [9.17, 15) is 14.7 Å². The average Bonchev–Trinajstić information content (AvgIpc) is 2.96. The lowest BCUT2D eigenvalue weighted by Gasteiger charge is -2.36. The molecule has 2 aromatic rings. The fraction of sp³-hybridized carbons (Fsp3) is 0.444. The molecule has 0 saturated carbocycles. The maximum absolute atomic E-state index is 12.6. The minimum absolute atomic E-state index is 0.0934. The van der Waals surface area contributed by atoms with Crippen molar-refractivity contribution in [2.24, 2.45) is 0 Å². The first-order valence-corrected chi connectivity index (χ1v) is 8.26. The second-order valence-electron chi connectivity index (χ2n) is 6.41. The number of aliphatic carboxylic acids is 1. The summed E-state index contributed by atoms with van der Waals surface area (Å²) in [6, 6.07) is 5.64. The number of methoxy groups -OCH3 is 1. The number of H-pyrrole nitrogens is 1. The van der Waals surface area contributed by atoms with Crippen LogP contribution in [-0.4, -0.2) is 47.8 Å². The second kappa shape index (κ2) is 7.14. The predicted octanol–water partition coefficient (Wildman–Crippen LogP) is 1.86. The molecule has 1 amide bonds. The van der Waals surface area contributed by atoms with E-state index in [4.69, 9.17) is 9.47 Å². The van der Waals surface area contributed by atoms with Crippen LogP contribution in [0.1, 0.15) is 24.8 Å². The number of carbonyl (C=O) groups is 2. The summed E-state index contributed by atoms with van der Waals surface area (Å²) in [5.41, 5.74) is 1.05. The molecule has 1 aliphatic heterocycles. The van der Waals surface area contributed by atoms with Gasteiger partial charge in [0.25, 0.3) is 0 Å². The van der Waals surface area contributed by atoms with Crippen molar-refractivity contribution in [2.45, 2.75) is 31.2 Å². The van der Waals surface area contributed by atoms with E-state index in [1.54, 1.807) is 13.3 Å². The van der Waals surface area contributed by atoms with Gasteiger partial charge < -0.3 is 24.9 Å². The van der Waals surface area contributed by atoms with Gasteiger partial charge in [0.15, 0.2) is 0 Å². The Kier molecular flexibility index (Phi) is 4.94. The van der Waals surface area contributed by atoms with Gasteiger partial charge in [-0.15, -0.1) is 0 Å². The van der Waals surface area contributed by atoms with Crippen molar-refractivity contribution < 1.29 is 24.2 Å². The molecular formula is C18H22N2O5. The maximum Gasteiger partial charge on any atom is 0.305 e. The average molecular weight is 346 g/mol. The lowest BCUT2D eigenvalue weighted by molar-refractivity contribution is -0.140. The zero-order valence-electron chi connectivity index (χ0n) is 14.1. The van der Waals surface area contributed by atoms with Crippen LogP contribution in [-0.2, 0) is 20.7 Å². The Morgan fingerprint density at radius 2 is 2.12 bits per heavy atom. The van der Waals surface area contributed by atoms with Crippen LogP contribution in [0.25, 0.3) is 10.9 Å². The minimum atomic E-state index is -0.918. The molecule has 7 nitrogen and oxygen atoms in total. The third-order valence-corrected chi connectivity index (χ3v) is 4.67. The number of carboxylic acid groups (broad SMARTS) is 1. The smallest absolute Gasteiger partial charge is 0.305 e. The van der Waals surface area contributed by atoms with Crippen LogP contribution in [0.5, 0.6) is 5.75 Å². The van der Waals surface area contributed by atoms with Gasteiger partial charge in [-0.25, -0.2) is 0 Å². The lowest BCUT2D eigenvalue weighted by Crippen LogP contribution is -2.53. The van der Waals surface area contributed by atoms with Crippen LogP contribution in [0.15, 0.2) is 24.4 Å². The van der Waals surface area contributed by atoms with Gasteiger partial charge in [0.2, 0.25) is 5.91 Å². The molecule has 3 rings (SSSR count). The first-order chi connectivity index (χ1) is 12.0. The summed E-state index contributed by atoms with van der Waals surface area (Å²) in [6.07, 6.45) is 2.90. The molecule has 0 atom stereocenters. The van der Waals surface area contributed by atoms with E-state index in [0.717, 1.165) is 22.2 Å². The molecule has 2 heterocycles. The summed E-state index contributed by atoms with van der Waals surface area (Å²) in [5.74, 6) is -0.383. The molecule has 1 aromatic carbocycles. The van der Waals surface area contributed by atoms with Crippen LogP contribution in [0.4, 0.5) is 0 Å². The van der Waals surface area contributed by atoms with Crippen molar-refractivity contribution in [3.63, 3.8) is 0 Å². The molecule has 0 spiro atoms. The van der Waals surface area contributed by atoms with E-state index in [1.165, 1.54) is 0 Å². The van der Waals surface area contributed by atoms with Gasteiger partial charge in [-0.05, 0) is 36.6 Å². The van der Waals surface area contributed by atoms with E-state index in [1.807, 2.05) is 18.2 Å². The summed E-state index contributed by atoms with van der Waals surface area (Å²) < 4.78 is 10.6. The second-order valence-corrected chi connectivity index (χ2v) is 6.41. The molecule has 25 heavy (non-hydrogen) atoms. The van der Waals surface area contributed by atoms with Gasteiger partial charge in [-0.2, -0.15) is 0 Å². The molecular weight excluding hydrogens is 324 g/mol. The molecule has 134 valence electrons. The van der Waals surface area contributed by atoms with E-state index >= 15 is 0 Å². The third-order valence-electron chi connectivity index (χ3n) is 4.67. The highest BCUT2D eigenvalue weighted by molar-refractivity contribution is 5.90. The van der Waals surface area contributed by atoms with E-state index < -0.39 is 11.5 Å². The molecule has 0 radical (unpaired) electrons. The Morgan fingerprint density at radius 1 is 1.36 bits per heavy atom. The Hall–Kier alpha value is -2.54. The maximum atomic E-state index is 12.6. The zero-order chi connectivity index (χ0) is 17.9. The highest BCUT2D eigenvalue weighted by Gasteiger charge is 2.36. The molecule has 0 bridgehead atoms. The quantitative estimate of drug-likeness (QED) is 0.741. The van der Waals surface area contributed by atoms with Crippen LogP contribution >= 0.6 is 0 Å². The molecule has 0 aliphatic carbocycles. The van der Waals surface area contributed by atoms with Gasteiger partial charge in [-0.3, -0.25) is 9.59 Å². The van der Waals surface area contributed by atoms with Gasteiger partial charge in [0.05, 0.1) is 25.5 Å². The summed E-state index contributed by atoms with van der Waals surface area (Å²) >= 11 is 0. The van der Waals surface area contributed by atoms with E-state index in [2.05, 4.69) is 10.3 Å². The van der Waals surface area contributed by atoms with Crippen LogP contribution in [0, 0.1) is 0 Å². The number of benzene rings is 1. The van der Waals surface area contributed by atoms with Crippen LogP contribution in [0.2, 0.25) is 0 Å². The standard InChI is InChI=1S/C18H22N2O5/c1-24-13-2-3-15-14(9-13)12(11-19-15)8-16(21)20-18(10-17(22)23)4-6-25-7-5-18/h2-3,9,11,19H,4-8,10H2,1H3,(H,20,21)(H,22,23). The molecule has 0 unspecified atom stereocenters. The molecule has 7 heteroatoms. The fourth-order valence-corrected chi connectivity index (χ4v) is 3.34. The largest absolute Gasteiger partial charge is 0.497 e. The molecule has 3 N–H and O–H groups in total. The number of nitrogens with one attached hydrogen (secondary N) is 2. The van der Waals surface area contributed by atoms with Gasteiger partial charge in [0.1, 0.15) is 5.75 Å². The number of carbonyl (C=O) groups excluding carboxylic acids is 1. The SMILES string of the molecule is COc1ccc2[nH]cc(CC(=O)NC3(CC(=O)O)CCOCC3)c2c1. The molecule has 1 aliphatic rings. The highest BCUT2D eigenvalue weighted by atomic mass is 16.5. The van der Waals surface area contributed by atoms with E-state index in [0.29, 0.717) is 26.1 Å². The van der Waals surface area contributed by atoms with Gasteiger partial charge in [-0.1, -0.05) is 0 Å². The number of rotatable bonds is 6. The predicted molar refractivity (Wildman–Crippen MR) is 91.7 cm³/mol. The number of hydrogen-bond donors (Lipinski definition) is 3. The number of fused-ring (bicyclic) bond motifs is 1. The number of ether oxygens (including phenoxy) is 2. The van der Waals surface area contributed by atoms with Crippen molar-refractivity contribution in [1.29, 1.82) is 0 Å². The summed E-state index contributed by atoms with van der Waals surface area (Å²) in [4.78, 5) is 26.9. The Bertz CT molecular complexity index is 777. The Balaban J connectivity index is 1.76. The number of hydrogen-bond acceptors (Lipinski definition) is 4. The van der Waals surface area contributed by atoms with Crippen molar-refractivity contribution >= 4 is 22.8 Å². The van der Waals surface area contributed by atoms with Crippen LogP contribution < -0.4 is 10.1 Å². The van der Waals surface area contributed by atoms with Crippen molar-refractivity contribution in [1.82, 2.24) is 10.3 Å². The Labute approximate surface area is 145 Å². The number of aromatic nitrogens is 1. The molecule has 1 aromatic heterocycles. The fourth-order valence-electron chi connectivity index (χ4n) is 3.34. The summed E-state index contributed by atoms with van der Waals surface area (Å²) in [5, 5.41) is 13.1. The number of aromatic amines is 1. The topological polar surface area (TPSA) is 101 Å². The van der Waals surface area contributed by atoms with Crippen molar-refractivity contribution in [3.05, 3.63) is 30.0 Å². The number of carboxylic acids is 1. The first-order valence-electron chi connectivity index (χ1n) is 8.26. The number of amides is 1. The van der Waals surface area contributed by atoms with Crippen molar-refractivity contribution in [2.75, 3.05) is 20.3 Å². The Morgan fingerprint density at radius 3 is 2.80 bits per heavy atom. The first kappa shape index (κ1) is 17.3. The lowest BCUT2D eigenvalue weighted by atomic mass is 9.86. The zero-order valence-corrected chi connectivity index (χ0v) is 14.1.